The van der Waals surface area contributed by atoms with Crippen molar-refractivity contribution in [1.29, 1.82) is 0 Å². The number of alkyl carbamates (subject to hydrolysis) is 1. The number of carbonyl (C=O) groups excluding carboxylic acids is 6. The average molecular weight is 674 g/mol. The summed E-state index contributed by atoms with van der Waals surface area (Å²) >= 11 is 0. The molecule has 4 rings (SSSR count). The van der Waals surface area contributed by atoms with Crippen molar-refractivity contribution >= 4 is 35.5 Å². The van der Waals surface area contributed by atoms with Crippen LogP contribution in [0.5, 0.6) is 0 Å². The summed E-state index contributed by atoms with van der Waals surface area (Å²) in [7, 11) is 0. The Morgan fingerprint density at radius 1 is 0.896 bits per heavy atom. The van der Waals surface area contributed by atoms with Gasteiger partial charge >= 0.3 is 6.09 Å². The molecule has 1 unspecified atom stereocenters. The second-order valence-corrected chi connectivity index (χ2v) is 18.2. The molecule has 1 saturated heterocycles. The zero-order valence-electron chi connectivity index (χ0n) is 30.8. The van der Waals surface area contributed by atoms with Crippen LogP contribution in [0.2, 0.25) is 0 Å². The largest absolute Gasteiger partial charge is 0.444 e. The van der Waals surface area contributed by atoms with E-state index in [9.17, 15) is 28.8 Å². The number of ether oxygens (including phenoxy) is 1. The highest BCUT2D eigenvalue weighted by molar-refractivity contribution is 6.37. The second-order valence-electron chi connectivity index (χ2n) is 18.2. The van der Waals surface area contributed by atoms with Gasteiger partial charge in [0.2, 0.25) is 23.5 Å². The lowest BCUT2D eigenvalue weighted by molar-refractivity contribution is -0.145. The van der Waals surface area contributed by atoms with E-state index in [1.807, 2.05) is 20.8 Å². The third-order valence-corrected chi connectivity index (χ3v) is 11.9. The maximum absolute atomic E-state index is 14.6. The highest BCUT2D eigenvalue weighted by atomic mass is 16.6. The van der Waals surface area contributed by atoms with Crippen LogP contribution >= 0.6 is 0 Å². The summed E-state index contributed by atoms with van der Waals surface area (Å²) in [6.07, 6.45) is 6.04. The molecule has 12 nitrogen and oxygen atoms in total. The molecule has 12 heteroatoms. The molecule has 0 aromatic heterocycles. The molecule has 270 valence electrons. The lowest BCUT2D eigenvalue weighted by Crippen LogP contribution is -2.59. The molecule has 4 fully saturated rings. The Labute approximate surface area is 285 Å². The van der Waals surface area contributed by atoms with Crippen LogP contribution in [-0.4, -0.2) is 76.2 Å². The van der Waals surface area contributed by atoms with Crippen LogP contribution in [0.25, 0.3) is 0 Å². The second kappa shape index (κ2) is 12.6. The van der Waals surface area contributed by atoms with Crippen LogP contribution in [0.3, 0.4) is 0 Å². The maximum Gasteiger partial charge on any atom is 0.408 e. The standard InChI is InChI=1S/C36H59N5O7/c1-31(2,3)26(39-24(42)19-33(7,8)40-30(47)48-32(4,5)6)29(46)41-20-36(34(9,10)35(36)15-12-16-35)18-23(41)28(45)38-22(25(43)27(37)44)17-21-13-11-14-21/h21-23,26H,11-20H2,1-10H3,(H2,37,44)(H,38,45)(H,39,42)(H,40,47)/t22?,23-,26+,36+/m0/s1. The van der Waals surface area contributed by atoms with Crippen LogP contribution in [0.1, 0.15) is 127 Å². The van der Waals surface area contributed by atoms with Crippen LogP contribution < -0.4 is 21.7 Å². The summed E-state index contributed by atoms with van der Waals surface area (Å²) in [5, 5.41) is 8.51. The van der Waals surface area contributed by atoms with Gasteiger partial charge in [0.05, 0.1) is 6.04 Å². The number of hydrogen-bond acceptors (Lipinski definition) is 7. The Morgan fingerprint density at radius 3 is 1.94 bits per heavy atom. The van der Waals surface area contributed by atoms with E-state index in [0.29, 0.717) is 19.4 Å². The van der Waals surface area contributed by atoms with Gasteiger partial charge in [0, 0.05) is 23.9 Å². The normalized spacial score (nSPS) is 25.7. The molecule has 0 aromatic carbocycles. The molecule has 0 radical (unpaired) electrons. The van der Waals surface area contributed by atoms with Crippen LogP contribution in [0, 0.1) is 27.6 Å². The van der Waals surface area contributed by atoms with Gasteiger partial charge in [-0.1, -0.05) is 60.3 Å². The summed E-state index contributed by atoms with van der Waals surface area (Å²) in [6, 6.07) is -2.91. The fourth-order valence-corrected chi connectivity index (χ4v) is 8.85. The number of nitrogens with one attached hydrogen (secondary N) is 3. The number of amides is 5. The van der Waals surface area contributed by atoms with Crippen molar-refractivity contribution < 1.29 is 33.5 Å². The Hall–Kier alpha value is -3.18. The highest BCUT2D eigenvalue weighted by Crippen LogP contribution is 2.88. The zero-order valence-corrected chi connectivity index (χ0v) is 30.8. The lowest BCUT2D eigenvalue weighted by atomic mass is 9.73. The Kier molecular flexibility index (Phi) is 9.89. The number of hydrogen-bond donors (Lipinski definition) is 4. The van der Waals surface area contributed by atoms with E-state index in [0.717, 1.165) is 38.5 Å². The van der Waals surface area contributed by atoms with Crippen LogP contribution in [-0.2, 0) is 28.7 Å². The Bertz CT molecular complexity index is 1330. The van der Waals surface area contributed by atoms with Crippen molar-refractivity contribution in [3.05, 3.63) is 0 Å². The van der Waals surface area contributed by atoms with Gasteiger partial charge in [-0.05, 0) is 82.5 Å². The number of Topliss-reactive ketones (excluding diaryl/α,β-unsaturated/α-hetero) is 1. The summed E-state index contributed by atoms with van der Waals surface area (Å²) in [5.74, 6) is -2.98. The van der Waals surface area contributed by atoms with Crippen LogP contribution in [0.15, 0.2) is 0 Å². The van der Waals surface area contributed by atoms with Crippen LogP contribution in [0.4, 0.5) is 4.79 Å². The summed E-state index contributed by atoms with van der Waals surface area (Å²) < 4.78 is 5.36. The molecule has 3 aliphatic carbocycles. The van der Waals surface area contributed by atoms with Gasteiger partial charge in [0.25, 0.3) is 5.91 Å². The molecule has 4 atom stereocenters. The van der Waals surface area contributed by atoms with Gasteiger partial charge in [-0.25, -0.2) is 4.79 Å². The first-order valence-electron chi connectivity index (χ1n) is 17.6. The number of nitrogens with zero attached hydrogens (tertiary/aromatic N) is 1. The van der Waals surface area contributed by atoms with Gasteiger partial charge in [-0.15, -0.1) is 0 Å². The SMILES string of the molecule is CC(C)(CC(=O)N[C@H](C(=O)N1C[C@]2(C[C@H]1C(=O)NC(CC1CCC1)C(=O)C(N)=O)C(C)(C)C21CCC1)C(C)(C)C)NC(=O)OC(C)(C)C. The molecule has 5 N–H and O–H groups in total. The molecular weight excluding hydrogens is 614 g/mol. The number of likely N-dealkylation sites (tertiary alicyclic amines) is 1. The number of rotatable bonds is 11. The molecule has 3 saturated carbocycles. The molecule has 5 amide bonds. The predicted molar refractivity (Wildman–Crippen MR) is 180 cm³/mol. The third-order valence-electron chi connectivity index (χ3n) is 11.9. The number of primary amides is 1. The van der Waals surface area contributed by atoms with Gasteiger partial charge in [0.15, 0.2) is 0 Å². The fourth-order valence-electron chi connectivity index (χ4n) is 8.85. The van der Waals surface area contributed by atoms with E-state index < -0.39 is 64.3 Å². The zero-order chi connectivity index (χ0) is 36.3. The number of nitrogens with two attached hydrogens (primary N) is 1. The quantitative estimate of drug-likeness (QED) is 0.242. The van der Waals surface area contributed by atoms with Crippen molar-refractivity contribution in [2.75, 3.05) is 6.54 Å². The number of fused-ring (bicyclic) bond motifs is 1. The molecule has 48 heavy (non-hydrogen) atoms. The Balaban J connectivity index is 1.58. The molecule has 0 bridgehead atoms. The van der Waals surface area contributed by atoms with Crippen molar-refractivity contribution in [3.63, 3.8) is 0 Å². The highest BCUT2D eigenvalue weighted by Gasteiger charge is 2.85. The smallest absolute Gasteiger partial charge is 0.408 e. The van der Waals surface area contributed by atoms with Gasteiger partial charge in [-0.3, -0.25) is 24.0 Å². The number of carbonyl (C=O) groups is 6. The molecule has 1 aliphatic heterocycles. The topological polar surface area (TPSA) is 177 Å². The number of ketones is 1. The summed E-state index contributed by atoms with van der Waals surface area (Å²) in [4.78, 5) is 81.2. The molecule has 0 aromatic rings. The molecule has 4 aliphatic rings. The molecular formula is C36H59N5O7. The third kappa shape index (κ3) is 7.08. The van der Waals surface area contributed by atoms with Crippen molar-refractivity contribution in [2.24, 2.45) is 33.3 Å². The minimum atomic E-state index is -1.09. The van der Waals surface area contributed by atoms with E-state index >= 15 is 0 Å². The minimum absolute atomic E-state index is 0.0275. The molecule has 1 heterocycles. The van der Waals surface area contributed by atoms with Gasteiger partial charge in [0.1, 0.15) is 17.7 Å². The average Bonchev–Trinajstić information content (AvgIpc) is 3.10. The predicted octanol–water partition coefficient (Wildman–Crippen LogP) is 3.74. The van der Waals surface area contributed by atoms with E-state index in [1.54, 1.807) is 39.5 Å². The summed E-state index contributed by atoms with van der Waals surface area (Å²) in [6.45, 7) is 19.0. The van der Waals surface area contributed by atoms with Gasteiger partial charge < -0.3 is 31.3 Å². The summed E-state index contributed by atoms with van der Waals surface area (Å²) in [5.41, 5.74) is 2.62. The monoisotopic (exact) mass is 673 g/mol. The van der Waals surface area contributed by atoms with Crippen molar-refractivity contribution in [3.8, 4) is 0 Å². The van der Waals surface area contributed by atoms with Gasteiger partial charge in [-0.2, -0.15) is 0 Å². The van der Waals surface area contributed by atoms with E-state index in [-0.39, 0.29) is 34.5 Å². The first kappa shape index (κ1) is 37.6. The first-order chi connectivity index (χ1) is 21.9. The minimum Gasteiger partial charge on any atom is -0.444 e. The Morgan fingerprint density at radius 2 is 1.50 bits per heavy atom. The molecule has 2 spiro atoms. The van der Waals surface area contributed by atoms with E-state index in [2.05, 4.69) is 29.8 Å². The van der Waals surface area contributed by atoms with Crippen molar-refractivity contribution in [2.45, 2.75) is 156 Å². The van der Waals surface area contributed by atoms with Crippen molar-refractivity contribution in [1.82, 2.24) is 20.9 Å². The lowest BCUT2D eigenvalue weighted by Gasteiger charge is -2.37. The van der Waals surface area contributed by atoms with E-state index in [4.69, 9.17) is 10.5 Å². The van der Waals surface area contributed by atoms with E-state index in [1.165, 1.54) is 0 Å². The fraction of sp³-hybridized carbons (Fsp3) is 0.833. The first-order valence-corrected chi connectivity index (χ1v) is 17.6. The maximum atomic E-state index is 14.6.